The van der Waals surface area contributed by atoms with Crippen molar-refractivity contribution in [2.75, 3.05) is 23.3 Å². The van der Waals surface area contributed by atoms with E-state index in [9.17, 15) is 0 Å². The molecule has 2 aromatic heterocycles. The molecular formula is C15H19ClN6. The van der Waals surface area contributed by atoms with Gasteiger partial charge in [0, 0.05) is 30.9 Å². The molecule has 1 atom stereocenters. The van der Waals surface area contributed by atoms with Crippen LogP contribution in [0.1, 0.15) is 25.5 Å². The molecule has 0 radical (unpaired) electrons. The maximum absolute atomic E-state index is 5.81. The second-order valence-electron chi connectivity index (χ2n) is 5.38. The summed E-state index contributed by atoms with van der Waals surface area (Å²) in [6.07, 6.45) is 7.98. The van der Waals surface area contributed by atoms with Crippen molar-refractivity contribution < 1.29 is 0 Å². The molecule has 0 spiro atoms. The van der Waals surface area contributed by atoms with Gasteiger partial charge in [-0.25, -0.2) is 19.9 Å². The van der Waals surface area contributed by atoms with E-state index < -0.39 is 0 Å². The van der Waals surface area contributed by atoms with Crippen molar-refractivity contribution in [3.8, 4) is 0 Å². The van der Waals surface area contributed by atoms with Crippen LogP contribution in [0.5, 0.6) is 0 Å². The fourth-order valence-electron chi connectivity index (χ4n) is 2.62. The van der Waals surface area contributed by atoms with Crippen LogP contribution in [0.4, 0.5) is 11.8 Å². The summed E-state index contributed by atoms with van der Waals surface area (Å²) in [5.74, 6) is 1.61. The second-order valence-corrected chi connectivity index (χ2v) is 5.81. The van der Waals surface area contributed by atoms with Gasteiger partial charge in [-0.2, -0.15) is 0 Å². The van der Waals surface area contributed by atoms with E-state index in [0.717, 1.165) is 43.9 Å². The Morgan fingerprint density at radius 2 is 2.09 bits per heavy atom. The lowest BCUT2D eigenvalue weighted by molar-refractivity contribution is 0.523. The van der Waals surface area contributed by atoms with Crippen molar-refractivity contribution in [2.24, 2.45) is 0 Å². The predicted octanol–water partition coefficient (Wildman–Crippen LogP) is 2.56. The molecule has 0 aromatic carbocycles. The first-order valence-electron chi connectivity index (χ1n) is 7.54. The normalized spacial score (nSPS) is 18.3. The predicted molar refractivity (Wildman–Crippen MR) is 87.3 cm³/mol. The maximum atomic E-state index is 5.81. The van der Waals surface area contributed by atoms with Crippen LogP contribution in [-0.2, 0) is 6.42 Å². The van der Waals surface area contributed by atoms with Gasteiger partial charge < -0.3 is 10.2 Å². The number of anilines is 2. The average molecular weight is 319 g/mol. The molecule has 0 bridgehead atoms. The Morgan fingerprint density at radius 3 is 2.86 bits per heavy atom. The Morgan fingerprint density at radius 1 is 1.27 bits per heavy atom. The second kappa shape index (κ2) is 6.87. The monoisotopic (exact) mass is 318 g/mol. The largest absolute Gasteiger partial charge is 0.354 e. The van der Waals surface area contributed by atoms with Gasteiger partial charge in [0.25, 0.3) is 0 Å². The third kappa shape index (κ3) is 3.62. The Bertz CT molecular complexity index is 618. The summed E-state index contributed by atoms with van der Waals surface area (Å²) in [6.45, 7) is 4.00. The summed E-state index contributed by atoms with van der Waals surface area (Å²) >= 11 is 5.81. The lowest BCUT2D eigenvalue weighted by atomic mass is 10.1. The van der Waals surface area contributed by atoms with Crippen molar-refractivity contribution in [2.45, 2.75) is 32.2 Å². The van der Waals surface area contributed by atoms with E-state index >= 15 is 0 Å². The average Bonchev–Trinajstić information content (AvgIpc) is 2.57. The number of piperidine rings is 1. The summed E-state index contributed by atoms with van der Waals surface area (Å²) in [6, 6.07) is 2.37. The first-order chi connectivity index (χ1) is 10.7. The van der Waals surface area contributed by atoms with Crippen LogP contribution in [0.15, 0.2) is 24.8 Å². The van der Waals surface area contributed by atoms with E-state index in [-0.39, 0.29) is 0 Å². The number of hydrogen-bond acceptors (Lipinski definition) is 6. The van der Waals surface area contributed by atoms with Crippen molar-refractivity contribution in [3.63, 3.8) is 0 Å². The SMILES string of the molecule is CCc1cc(N2CCCC(Nc3ncc(Cl)cn3)C2)ncn1. The summed E-state index contributed by atoms with van der Waals surface area (Å²) in [7, 11) is 0. The van der Waals surface area contributed by atoms with Gasteiger partial charge >= 0.3 is 0 Å². The minimum atomic E-state index is 0.301. The number of aromatic nitrogens is 4. The van der Waals surface area contributed by atoms with Crippen molar-refractivity contribution >= 4 is 23.4 Å². The third-order valence-corrected chi connectivity index (χ3v) is 3.97. The molecular weight excluding hydrogens is 300 g/mol. The molecule has 1 N–H and O–H groups in total. The highest BCUT2D eigenvalue weighted by atomic mass is 35.5. The molecule has 3 heterocycles. The molecule has 22 heavy (non-hydrogen) atoms. The van der Waals surface area contributed by atoms with E-state index in [2.05, 4.69) is 43.1 Å². The Labute approximate surface area is 135 Å². The number of halogens is 1. The molecule has 2 aromatic rings. The number of nitrogens with one attached hydrogen (secondary N) is 1. The fourth-order valence-corrected chi connectivity index (χ4v) is 2.72. The van der Waals surface area contributed by atoms with Gasteiger partial charge in [0.15, 0.2) is 0 Å². The molecule has 6 nitrogen and oxygen atoms in total. The van der Waals surface area contributed by atoms with Crippen LogP contribution in [0.2, 0.25) is 5.02 Å². The van der Waals surface area contributed by atoms with Crippen molar-refractivity contribution in [1.29, 1.82) is 0 Å². The van der Waals surface area contributed by atoms with E-state index in [0.29, 0.717) is 17.0 Å². The topological polar surface area (TPSA) is 66.8 Å². The van der Waals surface area contributed by atoms with Crippen LogP contribution in [0.3, 0.4) is 0 Å². The highest BCUT2D eigenvalue weighted by molar-refractivity contribution is 6.30. The van der Waals surface area contributed by atoms with Crippen LogP contribution >= 0.6 is 11.6 Å². The molecule has 7 heteroatoms. The summed E-state index contributed by atoms with van der Waals surface area (Å²) in [5, 5.41) is 3.92. The zero-order valence-electron chi connectivity index (χ0n) is 12.5. The van der Waals surface area contributed by atoms with E-state index in [4.69, 9.17) is 11.6 Å². The van der Waals surface area contributed by atoms with Crippen LogP contribution in [0, 0.1) is 0 Å². The number of rotatable bonds is 4. The van der Waals surface area contributed by atoms with Crippen LogP contribution in [0.25, 0.3) is 0 Å². The fraction of sp³-hybridized carbons (Fsp3) is 0.467. The zero-order chi connectivity index (χ0) is 15.4. The van der Waals surface area contributed by atoms with Crippen molar-refractivity contribution in [1.82, 2.24) is 19.9 Å². The summed E-state index contributed by atoms with van der Waals surface area (Å²) in [4.78, 5) is 19.4. The smallest absolute Gasteiger partial charge is 0.222 e. The lowest BCUT2D eigenvalue weighted by Crippen LogP contribution is -2.42. The van der Waals surface area contributed by atoms with E-state index in [1.165, 1.54) is 0 Å². The first-order valence-corrected chi connectivity index (χ1v) is 7.92. The van der Waals surface area contributed by atoms with Crippen LogP contribution < -0.4 is 10.2 Å². The zero-order valence-corrected chi connectivity index (χ0v) is 13.3. The van der Waals surface area contributed by atoms with Gasteiger partial charge in [0.2, 0.25) is 5.95 Å². The van der Waals surface area contributed by atoms with E-state index in [1.54, 1.807) is 18.7 Å². The summed E-state index contributed by atoms with van der Waals surface area (Å²) < 4.78 is 0. The third-order valence-electron chi connectivity index (χ3n) is 3.77. The van der Waals surface area contributed by atoms with Gasteiger partial charge in [-0.15, -0.1) is 0 Å². The minimum Gasteiger partial charge on any atom is -0.354 e. The minimum absolute atomic E-state index is 0.301. The molecule has 1 aliphatic heterocycles. The molecule has 1 aliphatic rings. The van der Waals surface area contributed by atoms with Crippen molar-refractivity contribution in [3.05, 3.63) is 35.5 Å². The number of nitrogens with zero attached hydrogens (tertiary/aromatic N) is 5. The molecule has 3 rings (SSSR count). The Kier molecular flexibility index (Phi) is 4.68. The summed E-state index contributed by atoms with van der Waals surface area (Å²) in [5.41, 5.74) is 1.07. The molecule has 0 aliphatic carbocycles. The van der Waals surface area contributed by atoms with Gasteiger partial charge in [0.05, 0.1) is 17.4 Å². The molecule has 1 unspecified atom stereocenters. The highest BCUT2D eigenvalue weighted by Crippen LogP contribution is 2.20. The Balaban J connectivity index is 1.67. The molecule has 1 fully saturated rings. The molecule has 116 valence electrons. The van der Waals surface area contributed by atoms with Gasteiger partial charge in [0.1, 0.15) is 12.1 Å². The molecule has 0 saturated carbocycles. The van der Waals surface area contributed by atoms with Gasteiger partial charge in [-0.3, -0.25) is 0 Å². The van der Waals surface area contributed by atoms with Crippen LogP contribution in [-0.4, -0.2) is 39.1 Å². The molecule has 0 amide bonds. The first kappa shape index (κ1) is 15.0. The Hall–Kier alpha value is -1.95. The lowest BCUT2D eigenvalue weighted by Gasteiger charge is -2.34. The van der Waals surface area contributed by atoms with Gasteiger partial charge in [-0.1, -0.05) is 18.5 Å². The highest BCUT2D eigenvalue weighted by Gasteiger charge is 2.21. The number of hydrogen-bond donors (Lipinski definition) is 1. The number of aryl methyl sites for hydroxylation is 1. The molecule has 1 saturated heterocycles. The van der Waals surface area contributed by atoms with Gasteiger partial charge in [-0.05, 0) is 19.3 Å². The standard InChI is InChI=1S/C15H19ClN6/c1-2-12-6-14(20-10-19-12)22-5-3-4-13(9-22)21-15-17-7-11(16)8-18-15/h6-8,10,13H,2-5,9H2,1H3,(H,17,18,21). The van der Waals surface area contributed by atoms with E-state index in [1.807, 2.05) is 0 Å². The maximum Gasteiger partial charge on any atom is 0.222 e. The quantitative estimate of drug-likeness (QED) is 0.934.